The third-order valence-electron chi connectivity index (χ3n) is 2.95. The van der Waals surface area contributed by atoms with E-state index in [0.29, 0.717) is 12.4 Å². The number of aromatic nitrogens is 4. The molecule has 100 valence electrons. The minimum atomic E-state index is 0.597. The van der Waals surface area contributed by atoms with Crippen LogP contribution in [0.1, 0.15) is 5.56 Å². The fourth-order valence-electron chi connectivity index (χ4n) is 1.93. The Labute approximate surface area is 116 Å². The number of rotatable bonds is 4. The van der Waals surface area contributed by atoms with Crippen LogP contribution in [0, 0.1) is 0 Å². The summed E-state index contributed by atoms with van der Waals surface area (Å²) < 4.78 is 5.20. The lowest BCUT2D eigenvalue weighted by molar-refractivity contribution is 0.415. The molecule has 0 bridgehead atoms. The van der Waals surface area contributed by atoms with Gasteiger partial charge in [-0.1, -0.05) is 42.5 Å². The third kappa shape index (κ3) is 2.66. The predicted molar refractivity (Wildman–Crippen MR) is 75.3 cm³/mol. The second-order valence-electron chi connectivity index (χ2n) is 4.36. The monoisotopic (exact) mass is 266 g/mol. The molecule has 3 aromatic rings. The van der Waals surface area contributed by atoms with E-state index in [1.165, 1.54) is 0 Å². The molecule has 0 saturated carbocycles. The summed E-state index contributed by atoms with van der Waals surface area (Å²) in [7, 11) is 1.64. The highest BCUT2D eigenvalue weighted by atomic mass is 16.5. The Hall–Kier alpha value is -2.69. The maximum atomic E-state index is 5.20. The topological polar surface area (TPSA) is 52.8 Å². The van der Waals surface area contributed by atoms with Crippen molar-refractivity contribution in [2.24, 2.45) is 0 Å². The lowest BCUT2D eigenvalue weighted by Gasteiger charge is -2.00. The number of hydrogen-bond donors (Lipinski definition) is 0. The molecule has 1 heterocycles. The first kappa shape index (κ1) is 12.3. The molecule has 0 radical (unpaired) electrons. The number of tetrazole rings is 1. The second kappa shape index (κ2) is 5.52. The van der Waals surface area contributed by atoms with Gasteiger partial charge in [-0.2, -0.15) is 4.80 Å². The Balaban J connectivity index is 1.83. The van der Waals surface area contributed by atoms with Gasteiger partial charge >= 0.3 is 0 Å². The smallest absolute Gasteiger partial charge is 0.205 e. The molecule has 0 aliphatic carbocycles. The van der Waals surface area contributed by atoms with Gasteiger partial charge in [-0.25, -0.2) is 0 Å². The summed E-state index contributed by atoms with van der Waals surface area (Å²) in [6, 6.07) is 17.7. The number of methoxy groups -OCH3 is 1. The van der Waals surface area contributed by atoms with Crippen molar-refractivity contribution in [3.05, 3.63) is 60.2 Å². The molecule has 0 saturated heterocycles. The van der Waals surface area contributed by atoms with Gasteiger partial charge in [0.2, 0.25) is 5.82 Å². The van der Waals surface area contributed by atoms with Crippen LogP contribution in [-0.2, 0) is 6.54 Å². The molecule has 0 fully saturated rings. The van der Waals surface area contributed by atoms with Gasteiger partial charge in [0.05, 0.1) is 13.7 Å². The zero-order valence-electron chi connectivity index (χ0n) is 11.1. The molecule has 5 heteroatoms. The van der Waals surface area contributed by atoms with Crippen LogP contribution in [0.15, 0.2) is 54.6 Å². The van der Waals surface area contributed by atoms with Crippen LogP contribution in [0.25, 0.3) is 11.4 Å². The number of benzene rings is 2. The Morgan fingerprint density at radius 3 is 2.70 bits per heavy atom. The van der Waals surface area contributed by atoms with Crippen LogP contribution in [0.4, 0.5) is 0 Å². The summed E-state index contributed by atoms with van der Waals surface area (Å²) in [5, 5.41) is 12.6. The lowest BCUT2D eigenvalue weighted by atomic mass is 10.2. The summed E-state index contributed by atoms with van der Waals surface area (Å²) >= 11 is 0. The molecule has 2 aromatic carbocycles. The minimum absolute atomic E-state index is 0.597. The summed E-state index contributed by atoms with van der Waals surface area (Å²) in [4.78, 5) is 1.59. The fraction of sp³-hybridized carbons (Fsp3) is 0.133. The van der Waals surface area contributed by atoms with E-state index in [1.807, 2.05) is 54.6 Å². The maximum Gasteiger partial charge on any atom is 0.205 e. The molecule has 0 aliphatic rings. The molecule has 0 amide bonds. The Bertz CT molecular complexity index is 694. The summed E-state index contributed by atoms with van der Waals surface area (Å²) in [6.45, 7) is 0.609. The van der Waals surface area contributed by atoms with Gasteiger partial charge in [0, 0.05) is 5.56 Å². The van der Waals surface area contributed by atoms with Crippen LogP contribution in [0.2, 0.25) is 0 Å². The van der Waals surface area contributed by atoms with E-state index >= 15 is 0 Å². The molecule has 3 rings (SSSR count). The summed E-state index contributed by atoms with van der Waals surface area (Å²) in [6.07, 6.45) is 0. The average molecular weight is 266 g/mol. The van der Waals surface area contributed by atoms with Gasteiger partial charge in [-0.3, -0.25) is 0 Å². The lowest BCUT2D eigenvalue weighted by Crippen LogP contribution is -2.03. The molecule has 0 atom stereocenters. The zero-order valence-corrected chi connectivity index (χ0v) is 11.1. The van der Waals surface area contributed by atoms with Crippen LogP contribution < -0.4 is 4.74 Å². The molecule has 0 spiro atoms. The van der Waals surface area contributed by atoms with Crippen LogP contribution in [-0.4, -0.2) is 27.3 Å². The molecular weight excluding hydrogens is 252 g/mol. The van der Waals surface area contributed by atoms with Crippen molar-refractivity contribution in [1.29, 1.82) is 0 Å². The molecule has 0 aliphatic heterocycles. The van der Waals surface area contributed by atoms with Crippen LogP contribution >= 0.6 is 0 Å². The van der Waals surface area contributed by atoms with E-state index in [1.54, 1.807) is 11.9 Å². The summed E-state index contributed by atoms with van der Waals surface area (Å²) in [5.41, 5.74) is 2.03. The minimum Gasteiger partial charge on any atom is -0.497 e. The van der Waals surface area contributed by atoms with E-state index in [4.69, 9.17) is 4.74 Å². The van der Waals surface area contributed by atoms with Crippen molar-refractivity contribution < 1.29 is 4.74 Å². The van der Waals surface area contributed by atoms with E-state index in [9.17, 15) is 0 Å². The van der Waals surface area contributed by atoms with Crippen LogP contribution in [0.5, 0.6) is 5.75 Å². The molecule has 1 aromatic heterocycles. The van der Waals surface area contributed by atoms with Gasteiger partial charge < -0.3 is 4.74 Å². The average Bonchev–Trinajstić information content (AvgIpc) is 2.97. The zero-order chi connectivity index (χ0) is 13.8. The second-order valence-corrected chi connectivity index (χ2v) is 4.36. The SMILES string of the molecule is COc1cccc(-c2nnn(Cc3ccccc3)n2)c1. The van der Waals surface area contributed by atoms with Gasteiger partial charge in [-0.05, 0) is 22.9 Å². The number of hydrogen-bond acceptors (Lipinski definition) is 4. The van der Waals surface area contributed by atoms with E-state index in [-0.39, 0.29) is 0 Å². The van der Waals surface area contributed by atoms with Crippen LogP contribution in [0.3, 0.4) is 0 Å². The van der Waals surface area contributed by atoms with E-state index in [2.05, 4.69) is 15.4 Å². The van der Waals surface area contributed by atoms with Crippen molar-refractivity contribution in [3.63, 3.8) is 0 Å². The first-order valence-corrected chi connectivity index (χ1v) is 6.31. The Kier molecular flexibility index (Phi) is 3.41. The molecule has 20 heavy (non-hydrogen) atoms. The van der Waals surface area contributed by atoms with Crippen molar-refractivity contribution >= 4 is 0 Å². The molecule has 0 N–H and O–H groups in total. The van der Waals surface area contributed by atoms with Crippen molar-refractivity contribution in [2.75, 3.05) is 7.11 Å². The highest BCUT2D eigenvalue weighted by Crippen LogP contribution is 2.19. The highest BCUT2D eigenvalue weighted by molar-refractivity contribution is 5.56. The van der Waals surface area contributed by atoms with Gasteiger partial charge in [0.1, 0.15) is 5.75 Å². The third-order valence-corrected chi connectivity index (χ3v) is 2.95. The van der Waals surface area contributed by atoms with Gasteiger partial charge in [-0.15, -0.1) is 10.2 Å². The largest absolute Gasteiger partial charge is 0.497 e. The number of nitrogens with zero attached hydrogens (tertiary/aromatic N) is 4. The Morgan fingerprint density at radius 1 is 1.05 bits per heavy atom. The first-order valence-electron chi connectivity index (χ1n) is 6.31. The number of ether oxygens (including phenoxy) is 1. The van der Waals surface area contributed by atoms with E-state index < -0.39 is 0 Å². The molecular formula is C15H14N4O. The Morgan fingerprint density at radius 2 is 1.90 bits per heavy atom. The maximum absolute atomic E-state index is 5.20. The van der Waals surface area contributed by atoms with E-state index in [0.717, 1.165) is 16.9 Å². The summed E-state index contributed by atoms with van der Waals surface area (Å²) in [5.74, 6) is 1.38. The standard InChI is InChI=1S/C15H14N4O/c1-20-14-9-5-8-13(10-14)15-16-18-19(17-15)11-12-6-3-2-4-7-12/h2-10H,11H2,1H3. The van der Waals surface area contributed by atoms with Gasteiger partial charge in [0.15, 0.2) is 0 Å². The predicted octanol–water partition coefficient (Wildman–Crippen LogP) is 2.40. The normalized spacial score (nSPS) is 10.4. The quantitative estimate of drug-likeness (QED) is 0.727. The molecule has 0 unspecified atom stereocenters. The van der Waals surface area contributed by atoms with Crippen molar-refractivity contribution in [3.8, 4) is 17.1 Å². The van der Waals surface area contributed by atoms with Crippen molar-refractivity contribution in [2.45, 2.75) is 6.54 Å². The fourth-order valence-corrected chi connectivity index (χ4v) is 1.93. The van der Waals surface area contributed by atoms with Gasteiger partial charge in [0.25, 0.3) is 0 Å². The first-order chi connectivity index (χ1) is 9.85. The van der Waals surface area contributed by atoms with Crippen molar-refractivity contribution in [1.82, 2.24) is 20.2 Å². The molecule has 5 nitrogen and oxygen atoms in total. The highest BCUT2D eigenvalue weighted by Gasteiger charge is 2.07.